The van der Waals surface area contributed by atoms with Crippen molar-refractivity contribution in [1.82, 2.24) is 15.1 Å². The summed E-state index contributed by atoms with van der Waals surface area (Å²) in [4.78, 5) is 30.3. The van der Waals surface area contributed by atoms with Gasteiger partial charge in [-0.3, -0.25) is 14.6 Å². The second kappa shape index (κ2) is 11.9. The molecule has 2 aromatic rings. The first-order valence-corrected chi connectivity index (χ1v) is 16.5. The van der Waals surface area contributed by atoms with Crippen LogP contribution in [0.15, 0.2) is 36.4 Å². The Morgan fingerprint density at radius 3 is 2.51 bits per heavy atom. The Bertz CT molecular complexity index is 1420. The van der Waals surface area contributed by atoms with E-state index in [1.165, 1.54) is 36.1 Å². The summed E-state index contributed by atoms with van der Waals surface area (Å²) >= 11 is 0. The van der Waals surface area contributed by atoms with Gasteiger partial charge in [-0.05, 0) is 85.9 Å². The predicted octanol–water partition coefficient (Wildman–Crippen LogP) is 4.60. The van der Waals surface area contributed by atoms with Crippen LogP contribution in [0.3, 0.4) is 0 Å². The lowest BCUT2D eigenvalue weighted by Crippen LogP contribution is -2.78. The Morgan fingerprint density at radius 1 is 1.11 bits per heavy atom. The van der Waals surface area contributed by atoms with Gasteiger partial charge in [0.2, 0.25) is 5.91 Å². The second-order valence-electron chi connectivity index (χ2n) is 13.8. The molecule has 6 fully saturated rings. The van der Waals surface area contributed by atoms with Crippen LogP contribution in [0.4, 0.5) is 9.18 Å². The van der Waals surface area contributed by atoms with Crippen LogP contribution in [-0.2, 0) is 20.8 Å². The monoisotopic (exact) mass is 621 g/mol. The molecule has 2 N–H and O–H groups in total. The average molecular weight is 622 g/mol. The molecule has 2 aromatic carbocycles. The number of piperidine rings is 1. The maximum Gasteiger partial charge on any atom is 0.410 e. The quantitative estimate of drug-likeness (QED) is 0.316. The molecule has 4 aliphatic carbocycles. The van der Waals surface area contributed by atoms with Crippen LogP contribution < -0.4 is 10.1 Å². The van der Waals surface area contributed by atoms with Gasteiger partial charge in [-0.15, -0.1) is 0 Å². The van der Waals surface area contributed by atoms with Crippen molar-refractivity contribution in [3.8, 4) is 16.9 Å². The highest BCUT2D eigenvalue weighted by atomic mass is 19.1. The van der Waals surface area contributed by atoms with Gasteiger partial charge in [0.1, 0.15) is 17.2 Å². The summed E-state index contributed by atoms with van der Waals surface area (Å²) in [6.45, 7) is 6.60. The largest absolute Gasteiger partial charge is 0.494 e. The number of hydrogen-bond acceptors (Lipinski definition) is 7. The summed E-state index contributed by atoms with van der Waals surface area (Å²) in [7, 11) is 0. The van der Waals surface area contributed by atoms with E-state index < -0.39 is 5.60 Å². The number of carbonyl (C=O) groups excluding carboxylic acids is 2. The Hall–Kier alpha value is -3.21. The van der Waals surface area contributed by atoms with Crippen LogP contribution in [0.25, 0.3) is 11.1 Å². The average Bonchev–Trinajstić information content (AvgIpc) is 3.78. The van der Waals surface area contributed by atoms with E-state index >= 15 is 0 Å². The van der Waals surface area contributed by atoms with Crippen LogP contribution in [0.5, 0.6) is 5.75 Å². The van der Waals surface area contributed by atoms with E-state index in [2.05, 4.69) is 22.3 Å². The highest BCUT2D eigenvalue weighted by Crippen LogP contribution is 2.70. The van der Waals surface area contributed by atoms with Crippen LogP contribution in [0.1, 0.15) is 68.9 Å². The number of carbonyl (C=O) groups is 2. The lowest BCUT2D eigenvalue weighted by Gasteiger charge is -2.71. The number of nitrogens with zero attached hydrogens (tertiary/aromatic N) is 2. The number of nitrogens with one attached hydrogen (secondary N) is 1. The summed E-state index contributed by atoms with van der Waals surface area (Å²) < 4.78 is 31.1. The van der Waals surface area contributed by atoms with Crippen LogP contribution in [-0.4, -0.2) is 90.7 Å². The molecule has 1 spiro atoms. The van der Waals surface area contributed by atoms with E-state index in [9.17, 15) is 14.0 Å². The van der Waals surface area contributed by atoms with Gasteiger partial charge in [-0.25, -0.2) is 9.18 Å². The fourth-order valence-corrected chi connectivity index (χ4v) is 8.13. The number of rotatable bonds is 13. The Balaban J connectivity index is 0.965. The summed E-state index contributed by atoms with van der Waals surface area (Å²) in [5.41, 5.74) is 3.52. The lowest BCUT2D eigenvalue weighted by atomic mass is 9.38. The second-order valence-corrected chi connectivity index (χ2v) is 13.8. The number of halogens is 1. The minimum atomic E-state index is -0.475. The van der Waals surface area contributed by atoms with Crippen molar-refractivity contribution in [3.05, 3.63) is 53.3 Å². The summed E-state index contributed by atoms with van der Waals surface area (Å²) in [5.74, 6) is 1.20. The van der Waals surface area contributed by atoms with Gasteiger partial charge in [0.25, 0.3) is 0 Å². The third-order valence-corrected chi connectivity index (χ3v) is 10.7. The predicted molar refractivity (Wildman–Crippen MR) is 165 cm³/mol. The molecule has 0 unspecified atom stereocenters. The van der Waals surface area contributed by atoms with E-state index in [1.54, 1.807) is 0 Å². The van der Waals surface area contributed by atoms with Gasteiger partial charge in [-0.1, -0.05) is 12.1 Å². The highest BCUT2D eigenvalue weighted by molar-refractivity contribution is 5.88. The number of likely N-dealkylation sites (tertiary alicyclic amines) is 1. The molecular weight excluding hydrogens is 577 g/mol. The molecule has 9 nitrogen and oxygen atoms in total. The highest BCUT2D eigenvalue weighted by Gasteiger charge is 2.76. The van der Waals surface area contributed by atoms with Gasteiger partial charge >= 0.3 is 6.09 Å². The minimum absolute atomic E-state index is 0.0320. The first kappa shape index (κ1) is 30.4. The normalized spacial score (nSPS) is 26.7. The number of aliphatic hydroxyl groups excluding tert-OH is 1. The fraction of sp³-hybridized carbons (Fsp3) is 0.600. The zero-order valence-electron chi connectivity index (χ0n) is 26.1. The molecule has 2 saturated heterocycles. The zero-order chi connectivity index (χ0) is 31.2. The Morgan fingerprint density at radius 2 is 1.84 bits per heavy atom. The van der Waals surface area contributed by atoms with E-state index in [-0.39, 0.29) is 42.0 Å². The molecule has 0 aromatic heterocycles. The van der Waals surface area contributed by atoms with Crippen molar-refractivity contribution in [2.45, 2.75) is 75.5 Å². The van der Waals surface area contributed by atoms with Crippen molar-refractivity contribution >= 4 is 12.0 Å². The van der Waals surface area contributed by atoms with Gasteiger partial charge in [0.05, 0.1) is 38.4 Å². The van der Waals surface area contributed by atoms with E-state index in [0.29, 0.717) is 51.5 Å². The zero-order valence-corrected chi connectivity index (χ0v) is 26.1. The molecule has 45 heavy (non-hydrogen) atoms. The molecule has 4 saturated carbocycles. The Kier molecular flexibility index (Phi) is 8.02. The molecule has 2 aliphatic heterocycles. The summed E-state index contributed by atoms with van der Waals surface area (Å²) in [5, 5.41) is 11.8. The van der Waals surface area contributed by atoms with Crippen LogP contribution in [0, 0.1) is 11.2 Å². The number of ether oxygens (including phenoxy) is 3. The molecule has 242 valence electrons. The minimum Gasteiger partial charge on any atom is -0.494 e. The molecule has 10 heteroatoms. The summed E-state index contributed by atoms with van der Waals surface area (Å²) in [6, 6.07) is 11.2. The smallest absolute Gasteiger partial charge is 0.410 e. The van der Waals surface area contributed by atoms with Crippen LogP contribution >= 0.6 is 0 Å². The van der Waals surface area contributed by atoms with Crippen molar-refractivity contribution in [2.75, 3.05) is 52.6 Å². The first-order chi connectivity index (χ1) is 21.8. The van der Waals surface area contributed by atoms with Gasteiger partial charge in [0.15, 0.2) is 0 Å². The third kappa shape index (κ3) is 5.70. The van der Waals surface area contributed by atoms with Gasteiger partial charge in [0, 0.05) is 50.1 Å². The maximum absolute atomic E-state index is 13.7. The molecular formula is C35H44FN3O6. The molecule has 0 atom stereocenters. The van der Waals surface area contributed by atoms with Crippen molar-refractivity contribution < 1.29 is 33.3 Å². The molecule has 2 bridgehead atoms. The Labute approximate surface area is 264 Å². The van der Waals surface area contributed by atoms with E-state index in [0.717, 1.165) is 49.4 Å². The number of amides is 2. The number of aliphatic hydroxyl groups is 1. The molecule has 2 heterocycles. The third-order valence-electron chi connectivity index (χ3n) is 10.7. The number of hydrogen-bond donors (Lipinski definition) is 2. The molecule has 2 amide bonds. The first-order valence-electron chi connectivity index (χ1n) is 16.5. The van der Waals surface area contributed by atoms with Crippen molar-refractivity contribution in [2.24, 2.45) is 5.41 Å². The van der Waals surface area contributed by atoms with Gasteiger partial charge in [-0.2, -0.15) is 0 Å². The fourth-order valence-electron chi connectivity index (χ4n) is 8.13. The van der Waals surface area contributed by atoms with Crippen molar-refractivity contribution in [1.29, 1.82) is 0 Å². The molecule has 8 rings (SSSR count). The topological polar surface area (TPSA) is 101 Å². The van der Waals surface area contributed by atoms with Gasteiger partial charge < -0.3 is 24.6 Å². The van der Waals surface area contributed by atoms with Crippen molar-refractivity contribution in [3.63, 3.8) is 0 Å². The molecule has 6 aliphatic rings. The lowest BCUT2D eigenvalue weighted by molar-refractivity contribution is -0.205. The van der Waals surface area contributed by atoms with Crippen LogP contribution in [0.2, 0.25) is 0 Å². The standard InChI is InChI=1S/C35H44FN3O6/c1-2-44-30-18-29(25-5-7-27(36)8-6-25)28(24-3-4-24)17-26(30)19-38-12-9-35(10-13-38)23-39(32(42)45-35)34-20-33(21-34,22-34)31(41)37-11-15-43-16-14-40/h5-8,17-18,24,40H,2-4,9-16,19-23H2,1H3,(H,37,41). The van der Waals surface area contributed by atoms with E-state index in [4.69, 9.17) is 19.3 Å². The summed E-state index contributed by atoms with van der Waals surface area (Å²) in [6.07, 6.45) is 5.73. The molecule has 0 radical (unpaired) electrons. The SMILES string of the molecule is CCOc1cc(-c2ccc(F)cc2)c(C2CC2)cc1CN1CCC2(CC1)CN(C13CC(C(=O)NCCOCCO)(C1)C3)C(=O)O2. The maximum atomic E-state index is 13.7. The number of benzene rings is 2. The van der Waals surface area contributed by atoms with E-state index in [1.807, 2.05) is 24.0 Å².